The van der Waals surface area contributed by atoms with E-state index in [1.165, 1.54) is 6.07 Å². The molecule has 0 fully saturated rings. The van der Waals surface area contributed by atoms with Crippen LogP contribution in [0.1, 0.15) is 22.0 Å². The molecular formula is C17H14F2N2O2. The van der Waals surface area contributed by atoms with E-state index in [-0.39, 0.29) is 6.54 Å². The van der Waals surface area contributed by atoms with Crippen LogP contribution in [0.25, 0.3) is 10.9 Å². The van der Waals surface area contributed by atoms with E-state index in [1.807, 2.05) is 6.07 Å². The zero-order valence-electron chi connectivity index (χ0n) is 12.0. The van der Waals surface area contributed by atoms with E-state index in [2.05, 4.69) is 10.3 Å². The molecule has 4 nitrogen and oxygen atoms in total. The number of fused-ring (bicyclic) bond motifs is 1. The van der Waals surface area contributed by atoms with Crippen molar-refractivity contribution in [3.05, 3.63) is 71.4 Å². The Hall–Kier alpha value is -2.73. The van der Waals surface area contributed by atoms with Crippen LogP contribution in [0.3, 0.4) is 0 Å². The minimum atomic E-state index is -1.47. The molecule has 3 rings (SSSR count). The SMILES string of the molecule is O=C(NCC(O)c1c(F)cccc1F)c1cccc2[nH]ccc12. The Morgan fingerprint density at radius 1 is 1.13 bits per heavy atom. The summed E-state index contributed by atoms with van der Waals surface area (Å²) in [7, 11) is 0. The highest BCUT2D eigenvalue weighted by molar-refractivity contribution is 6.06. The predicted octanol–water partition coefficient (Wildman–Crippen LogP) is 2.91. The van der Waals surface area contributed by atoms with Crippen molar-refractivity contribution in [2.45, 2.75) is 6.10 Å². The second-order valence-electron chi connectivity index (χ2n) is 5.11. The fraction of sp³-hybridized carbons (Fsp3) is 0.118. The molecule has 2 aromatic carbocycles. The van der Waals surface area contributed by atoms with Gasteiger partial charge in [-0.25, -0.2) is 8.78 Å². The Morgan fingerprint density at radius 2 is 1.83 bits per heavy atom. The first-order valence-electron chi connectivity index (χ1n) is 7.04. The number of rotatable bonds is 4. The molecule has 0 spiro atoms. The zero-order valence-corrected chi connectivity index (χ0v) is 12.0. The molecule has 0 saturated heterocycles. The third kappa shape index (κ3) is 2.93. The van der Waals surface area contributed by atoms with Gasteiger partial charge in [-0.3, -0.25) is 4.79 Å². The molecule has 0 radical (unpaired) electrons. The molecule has 3 N–H and O–H groups in total. The van der Waals surface area contributed by atoms with Crippen LogP contribution in [0, 0.1) is 11.6 Å². The molecule has 1 atom stereocenters. The lowest BCUT2D eigenvalue weighted by Gasteiger charge is -2.14. The molecule has 0 aliphatic heterocycles. The lowest BCUT2D eigenvalue weighted by Crippen LogP contribution is -2.29. The van der Waals surface area contributed by atoms with E-state index in [0.717, 1.165) is 23.0 Å². The molecule has 1 amide bonds. The van der Waals surface area contributed by atoms with E-state index in [0.29, 0.717) is 5.56 Å². The number of carbonyl (C=O) groups is 1. The highest BCUT2D eigenvalue weighted by atomic mass is 19.1. The van der Waals surface area contributed by atoms with Crippen LogP contribution in [0.4, 0.5) is 8.78 Å². The van der Waals surface area contributed by atoms with Gasteiger partial charge in [-0.05, 0) is 30.3 Å². The van der Waals surface area contributed by atoms with Crippen LogP contribution in [0.5, 0.6) is 0 Å². The number of aliphatic hydroxyl groups excluding tert-OH is 1. The van der Waals surface area contributed by atoms with Crippen molar-refractivity contribution in [1.82, 2.24) is 10.3 Å². The summed E-state index contributed by atoms with van der Waals surface area (Å²) in [5.74, 6) is -2.12. The summed E-state index contributed by atoms with van der Waals surface area (Å²) in [6.07, 6.45) is 0.246. The third-order valence-electron chi connectivity index (χ3n) is 3.63. The van der Waals surface area contributed by atoms with Gasteiger partial charge in [0.15, 0.2) is 0 Å². The summed E-state index contributed by atoms with van der Waals surface area (Å²) in [6.45, 7) is -0.294. The van der Waals surface area contributed by atoms with Crippen molar-refractivity contribution in [1.29, 1.82) is 0 Å². The molecule has 1 aromatic heterocycles. The Labute approximate surface area is 130 Å². The van der Waals surface area contributed by atoms with Gasteiger partial charge in [-0.15, -0.1) is 0 Å². The quantitative estimate of drug-likeness (QED) is 0.693. The Morgan fingerprint density at radius 3 is 2.57 bits per heavy atom. The third-order valence-corrected chi connectivity index (χ3v) is 3.63. The molecule has 1 unspecified atom stereocenters. The minimum Gasteiger partial charge on any atom is -0.386 e. The van der Waals surface area contributed by atoms with Gasteiger partial charge in [-0.1, -0.05) is 12.1 Å². The van der Waals surface area contributed by atoms with Gasteiger partial charge in [0.05, 0.1) is 5.56 Å². The number of aromatic nitrogens is 1. The van der Waals surface area contributed by atoms with Gasteiger partial charge in [-0.2, -0.15) is 0 Å². The summed E-state index contributed by atoms with van der Waals surface area (Å²) < 4.78 is 27.2. The smallest absolute Gasteiger partial charge is 0.252 e. The monoisotopic (exact) mass is 316 g/mol. The highest BCUT2D eigenvalue weighted by Gasteiger charge is 2.19. The van der Waals surface area contributed by atoms with Crippen LogP contribution < -0.4 is 5.32 Å². The maximum absolute atomic E-state index is 13.6. The van der Waals surface area contributed by atoms with Gasteiger partial charge in [0.2, 0.25) is 0 Å². The number of amides is 1. The second-order valence-corrected chi connectivity index (χ2v) is 5.11. The van der Waals surface area contributed by atoms with Gasteiger partial charge >= 0.3 is 0 Å². The number of aromatic amines is 1. The summed E-state index contributed by atoms with van der Waals surface area (Å²) >= 11 is 0. The fourth-order valence-electron chi connectivity index (χ4n) is 2.50. The zero-order chi connectivity index (χ0) is 16.4. The van der Waals surface area contributed by atoms with Crippen LogP contribution in [0.2, 0.25) is 0 Å². The largest absolute Gasteiger partial charge is 0.386 e. The summed E-state index contributed by atoms with van der Waals surface area (Å²) in [6, 6.07) is 10.3. The second kappa shape index (κ2) is 6.18. The lowest BCUT2D eigenvalue weighted by molar-refractivity contribution is 0.0913. The maximum atomic E-state index is 13.6. The first-order valence-corrected chi connectivity index (χ1v) is 7.04. The Balaban J connectivity index is 1.75. The molecule has 6 heteroatoms. The number of H-pyrrole nitrogens is 1. The van der Waals surface area contributed by atoms with Crippen LogP contribution in [-0.2, 0) is 0 Å². The Bertz CT molecular complexity index is 840. The van der Waals surface area contributed by atoms with Crippen molar-refractivity contribution < 1.29 is 18.7 Å². The number of halogens is 2. The average molecular weight is 316 g/mol. The molecular weight excluding hydrogens is 302 g/mol. The first kappa shape index (κ1) is 15.2. The van der Waals surface area contributed by atoms with E-state index >= 15 is 0 Å². The average Bonchev–Trinajstić information content (AvgIpc) is 3.00. The molecule has 3 aromatic rings. The summed E-state index contributed by atoms with van der Waals surface area (Å²) in [4.78, 5) is 15.2. The molecule has 118 valence electrons. The van der Waals surface area contributed by atoms with Crippen molar-refractivity contribution in [3.63, 3.8) is 0 Å². The number of carbonyl (C=O) groups excluding carboxylic acids is 1. The van der Waals surface area contributed by atoms with Gasteiger partial charge < -0.3 is 15.4 Å². The van der Waals surface area contributed by atoms with Crippen molar-refractivity contribution in [2.24, 2.45) is 0 Å². The molecule has 0 aliphatic carbocycles. The minimum absolute atomic E-state index is 0.294. The van der Waals surface area contributed by atoms with Crippen molar-refractivity contribution >= 4 is 16.8 Å². The summed E-state index contributed by atoms with van der Waals surface area (Å²) in [5, 5.41) is 13.2. The van der Waals surface area contributed by atoms with E-state index in [4.69, 9.17) is 0 Å². The van der Waals surface area contributed by atoms with Crippen LogP contribution >= 0.6 is 0 Å². The number of hydrogen-bond donors (Lipinski definition) is 3. The molecule has 23 heavy (non-hydrogen) atoms. The molecule has 0 aliphatic rings. The maximum Gasteiger partial charge on any atom is 0.252 e. The summed E-state index contributed by atoms with van der Waals surface area (Å²) in [5.41, 5.74) is 0.774. The fourth-order valence-corrected chi connectivity index (χ4v) is 2.50. The first-order chi connectivity index (χ1) is 11.1. The highest BCUT2D eigenvalue weighted by Crippen LogP contribution is 2.21. The van der Waals surface area contributed by atoms with E-state index < -0.39 is 29.2 Å². The molecule has 1 heterocycles. The number of nitrogens with one attached hydrogen (secondary N) is 2. The topological polar surface area (TPSA) is 65.1 Å². The molecule has 0 saturated carbocycles. The van der Waals surface area contributed by atoms with Gasteiger partial charge in [0.1, 0.15) is 17.7 Å². The molecule has 0 bridgehead atoms. The number of aliphatic hydroxyl groups is 1. The lowest BCUT2D eigenvalue weighted by atomic mass is 10.1. The number of hydrogen-bond acceptors (Lipinski definition) is 2. The predicted molar refractivity (Wildman–Crippen MR) is 81.9 cm³/mol. The van der Waals surface area contributed by atoms with Crippen molar-refractivity contribution in [3.8, 4) is 0 Å². The van der Waals surface area contributed by atoms with Crippen LogP contribution in [0.15, 0.2) is 48.7 Å². The Kier molecular flexibility index (Phi) is 4.08. The normalized spacial score (nSPS) is 12.3. The van der Waals surface area contributed by atoms with Crippen LogP contribution in [-0.4, -0.2) is 22.5 Å². The van der Waals surface area contributed by atoms with Crippen molar-refractivity contribution in [2.75, 3.05) is 6.54 Å². The van der Waals surface area contributed by atoms with Gasteiger partial charge in [0, 0.05) is 29.2 Å². The van der Waals surface area contributed by atoms with Gasteiger partial charge in [0.25, 0.3) is 5.91 Å². The van der Waals surface area contributed by atoms with E-state index in [1.54, 1.807) is 24.4 Å². The number of benzene rings is 2. The van der Waals surface area contributed by atoms with E-state index in [9.17, 15) is 18.7 Å². The standard InChI is InChI=1S/C17H14F2N2O2/c18-12-4-2-5-13(19)16(12)15(22)9-21-17(23)11-3-1-6-14-10(11)7-8-20-14/h1-8,15,20,22H,9H2,(H,21,23).